The average molecular weight is 238 g/mol. The minimum atomic E-state index is -0.785. The maximum absolute atomic E-state index is 13.3. The number of nitrogens with one attached hydrogen (secondary N) is 1. The summed E-state index contributed by atoms with van der Waals surface area (Å²) in [5.74, 6) is -1.46. The summed E-state index contributed by atoms with van der Waals surface area (Å²) in [5, 5.41) is 12.9. The number of hydrogen-bond donors (Lipinski definition) is 1. The summed E-state index contributed by atoms with van der Waals surface area (Å²) in [6, 6.07) is 2.83. The summed E-state index contributed by atoms with van der Waals surface area (Å²) in [7, 11) is 0. The lowest BCUT2D eigenvalue weighted by atomic mass is 10.1. The molecule has 1 aromatic rings. The molecule has 0 aliphatic carbocycles. The SMILES string of the molecule is C=CCCNC(=O)c1cc([N+](=O)[O-])ccc1F. The zero-order chi connectivity index (χ0) is 12.8. The van der Waals surface area contributed by atoms with Crippen LogP contribution in [0.15, 0.2) is 30.9 Å². The second kappa shape index (κ2) is 5.74. The molecule has 1 rings (SSSR count). The van der Waals surface area contributed by atoms with Gasteiger partial charge in [0, 0.05) is 18.7 Å². The van der Waals surface area contributed by atoms with E-state index in [0.717, 1.165) is 18.2 Å². The van der Waals surface area contributed by atoms with Crippen LogP contribution in [-0.4, -0.2) is 17.4 Å². The van der Waals surface area contributed by atoms with Gasteiger partial charge < -0.3 is 5.32 Å². The van der Waals surface area contributed by atoms with Crippen molar-refractivity contribution in [3.63, 3.8) is 0 Å². The van der Waals surface area contributed by atoms with Crippen LogP contribution >= 0.6 is 0 Å². The third-order valence-corrected chi connectivity index (χ3v) is 2.04. The third kappa shape index (κ3) is 3.37. The van der Waals surface area contributed by atoms with Crippen LogP contribution in [0.4, 0.5) is 10.1 Å². The molecule has 0 fully saturated rings. The zero-order valence-electron chi connectivity index (χ0n) is 8.98. The Morgan fingerprint density at radius 2 is 2.29 bits per heavy atom. The van der Waals surface area contributed by atoms with Crippen LogP contribution in [0.5, 0.6) is 0 Å². The van der Waals surface area contributed by atoms with E-state index in [1.165, 1.54) is 0 Å². The molecule has 6 heteroatoms. The van der Waals surface area contributed by atoms with Gasteiger partial charge in [-0.2, -0.15) is 0 Å². The van der Waals surface area contributed by atoms with Crippen LogP contribution in [-0.2, 0) is 0 Å². The van der Waals surface area contributed by atoms with Crippen LogP contribution in [0.3, 0.4) is 0 Å². The van der Waals surface area contributed by atoms with Crippen molar-refractivity contribution in [1.29, 1.82) is 0 Å². The average Bonchev–Trinajstić information content (AvgIpc) is 2.29. The monoisotopic (exact) mass is 238 g/mol. The molecule has 1 aromatic carbocycles. The first kappa shape index (κ1) is 12.8. The lowest BCUT2D eigenvalue weighted by Gasteiger charge is -2.04. The van der Waals surface area contributed by atoms with E-state index >= 15 is 0 Å². The number of non-ortho nitro benzene ring substituents is 1. The molecule has 5 nitrogen and oxygen atoms in total. The largest absolute Gasteiger partial charge is 0.352 e. The Labute approximate surface area is 97.1 Å². The maximum atomic E-state index is 13.3. The molecule has 0 heterocycles. The van der Waals surface area contributed by atoms with Gasteiger partial charge in [-0.1, -0.05) is 6.08 Å². The Hall–Kier alpha value is -2.24. The summed E-state index contributed by atoms with van der Waals surface area (Å²) in [5.41, 5.74) is -0.650. The van der Waals surface area contributed by atoms with Crippen molar-refractivity contribution >= 4 is 11.6 Å². The molecule has 0 aliphatic rings. The van der Waals surface area contributed by atoms with Crippen molar-refractivity contribution in [3.05, 3.63) is 52.3 Å². The molecule has 0 saturated carbocycles. The Morgan fingerprint density at radius 3 is 2.88 bits per heavy atom. The fourth-order valence-corrected chi connectivity index (χ4v) is 1.18. The van der Waals surface area contributed by atoms with Gasteiger partial charge in [0.05, 0.1) is 10.5 Å². The van der Waals surface area contributed by atoms with Crippen molar-refractivity contribution < 1.29 is 14.1 Å². The van der Waals surface area contributed by atoms with E-state index in [9.17, 15) is 19.3 Å². The highest BCUT2D eigenvalue weighted by Gasteiger charge is 2.16. The molecule has 0 atom stereocenters. The number of nitro groups is 1. The van der Waals surface area contributed by atoms with Crippen molar-refractivity contribution in [2.45, 2.75) is 6.42 Å². The molecule has 17 heavy (non-hydrogen) atoms. The predicted molar refractivity (Wildman–Crippen MR) is 60.2 cm³/mol. The van der Waals surface area contributed by atoms with Crippen molar-refractivity contribution in [1.82, 2.24) is 5.32 Å². The minimum absolute atomic E-state index is 0.310. The van der Waals surface area contributed by atoms with E-state index in [1.807, 2.05) is 0 Å². The maximum Gasteiger partial charge on any atom is 0.270 e. The number of hydrogen-bond acceptors (Lipinski definition) is 3. The number of carbonyl (C=O) groups is 1. The molecular weight excluding hydrogens is 227 g/mol. The minimum Gasteiger partial charge on any atom is -0.352 e. The number of carbonyl (C=O) groups excluding carboxylic acids is 1. The molecule has 0 saturated heterocycles. The van der Waals surface area contributed by atoms with E-state index < -0.39 is 16.6 Å². The number of benzene rings is 1. The Kier molecular flexibility index (Phi) is 4.33. The summed E-state index contributed by atoms with van der Waals surface area (Å²) in [4.78, 5) is 21.3. The summed E-state index contributed by atoms with van der Waals surface area (Å²) in [6.45, 7) is 3.78. The molecule has 0 spiro atoms. The van der Waals surface area contributed by atoms with Crippen LogP contribution in [0.25, 0.3) is 0 Å². The van der Waals surface area contributed by atoms with Gasteiger partial charge in [-0.25, -0.2) is 4.39 Å². The quantitative estimate of drug-likeness (QED) is 0.369. The van der Waals surface area contributed by atoms with Gasteiger partial charge in [-0.15, -0.1) is 6.58 Å². The number of amides is 1. The van der Waals surface area contributed by atoms with E-state index in [1.54, 1.807) is 6.08 Å². The van der Waals surface area contributed by atoms with Gasteiger partial charge in [-0.05, 0) is 12.5 Å². The molecule has 1 N–H and O–H groups in total. The normalized spacial score (nSPS) is 9.71. The number of halogens is 1. The summed E-state index contributed by atoms with van der Waals surface area (Å²) < 4.78 is 13.3. The van der Waals surface area contributed by atoms with E-state index in [2.05, 4.69) is 11.9 Å². The predicted octanol–water partition coefficient (Wildman–Crippen LogP) is 2.04. The first-order valence-corrected chi connectivity index (χ1v) is 4.89. The molecule has 0 aliphatic heterocycles. The highest BCUT2D eigenvalue weighted by Crippen LogP contribution is 2.16. The lowest BCUT2D eigenvalue weighted by Crippen LogP contribution is -2.25. The second-order valence-corrected chi connectivity index (χ2v) is 3.25. The summed E-state index contributed by atoms with van der Waals surface area (Å²) >= 11 is 0. The molecular formula is C11H11FN2O3. The van der Waals surface area contributed by atoms with Crippen LogP contribution in [0.1, 0.15) is 16.8 Å². The van der Waals surface area contributed by atoms with Crippen molar-refractivity contribution in [2.24, 2.45) is 0 Å². The molecule has 0 unspecified atom stereocenters. The van der Waals surface area contributed by atoms with Crippen molar-refractivity contribution in [3.8, 4) is 0 Å². The fraction of sp³-hybridized carbons (Fsp3) is 0.182. The van der Waals surface area contributed by atoms with E-state index in [4.69, 9.17) is 0 Å². The lowest BCUT2D eigenvalue weighted by molar-refractivity contribution is -0.384. The zero-order valence-corrected chi connectivity index (χ0v) is 8.98. The smallest absolute Gasteiger partial charge is 0.270 e. The first-order valence-electron chi connectivity index (χ1n) is 4.89. The van der Waals surface area contributed by atoms with Crippen LogP contribution in [0.2, 0.25) is 0 Å². The number of nitrogens with zero attached hydrogens (tertiary/aromatic N) is 1. The third-order valence-electron chi connectivity index (χ3n) is 2.04. The molecule has 0 radical (unpaired) electrons. The van der Waals surface area contributed by atoms with Gasteiger partial charge in [0.2, 0.25) is 0 Å². The number of rotatable bonds is 5. The fourth-order valence-electron chi connectivity index (χ4n) is 1.18. The van der Waals surface area contributed by atoms with Crippen LogP contribution in [0, 0.1) is 15.9 Å². The Balaban J connectivity index is 2.88. The number of nitro benzene ring substituents is 1. The van der Waals surface area contributed by atoms with Gasteiger partial charge in [-0.3, -0.25) is 14.9 Å². The van der Waals surface area contributed by atoms with Crippen molar-refractivity contribution in [2.75, 3.05) is 6.54 Å². The Morgan fingerprint density at radius 1 is 1.59 bits per heavy atom. The van der Waals surface area contributed by atoms with Gasteiger partial charge in [0.15, 0.2) is 0 Å². The van der Waals surface area contributed by atoms with Gasteiger partial charge >= 0.3 is 0 Å². The van der Waals surface area contributed by atoms with E-state index in [-0.39, 0.29) is 11.3 Å². The Bertz CT molecular complexity index is 460. The second-order valence-electron chi connectivity index (χ2n) is 3.25. The molecule has 1 amide bonds. The standard InChI is InChI=1S/C11H11FN2O3/c1-2-3-6-13-11(15)9-7-8(14(16)17)4-5-10(9)12/h2,4-5,7H,1,3,6H2,(H,13,15). The van der Waals surface area contributed by atoms with E-state index in [0.29, 0.717) is 13.0 Å². The molecule has 0 aromatic heterocycles. The highest BCUT2D eigenvalue weighted by atomic mass is 19.1. The topological polar surface area (TPSA) is 72.2 Å². The molecule has 90 valence electrons. The van der Waals surface area contributed by atoms with Gasteiger partial charge in [0.25, 0.3) is 11.6 Å². The molecule has 0 bridgehead atoms. The van der Waals surface area contributed by atoms with Crippen LogP contribution < -0.4 is 5.32 Å². The summed E-state index contributed by atoms with van der Waals surface area (Å²) in [6.07, 6.45) is 2.15. The van der Waals surface area contributed by atoms with Gasteiger partial charge in [0.1, 0.15) is 5.82 Å². The first-order chi connectivity index (χ1) is 8.06. The highest BCUT2D eigenvalue weighted by molar-refractivity contribution is 5.95.